The topological polar surface area (TPSA) is 40.5 Å². The fourth-order valence-corrected chi connectivity index (χ4v) is 6.27. The highest BCUT2D eigenvalue weighted by molar-refractivity contribution is 5.26. The Balaban J connectivity index is 1.75. The van der Waals surface area contributed by atoms with Crippen LogP contribution in [0.2, 0.25) is 0 Å². The van der Waals surface area contributed by atoms with E-state index in [1.54, 1.807) is 0 Å². The van der Waals surface area contributed by atoms with E-state index in [9.17, 15) is 19.0 Å². The third-order valence-electron chi connectivity index (χ3n) is 7.96. The molecule has 0 aromatic carbocycles. The van der Waals surface area contributed by atoms with E-state index in [0.29, 0.717) is 24.7 Å². The third-order valence-corrected chi connectivity index (χ3v) is 7.96. The largest absolute Gasteiger partial charge is 0.392 e. The molecule has 0 aromatic heterocycles. The number of aliphatic hydroxyl groups excluding tert-OH is 2. The fraction of sp³-hybridized carbons (Fsp3) is 0.826. The molecule has 0 saturated heterocycles. The smallest absolute Gasteiger partial charge is 0.238 e. The van der Waals surface area contributed by atoms with Crippen molar-refractivity contribution in [2.24, 2.45) is 29.1 Å². The highest BCUT2D eigenvalue weighted by Gasteiger charge is 2.50. The molecule has 2 nitrogen and oxygen atoms in total. The van der Waals surface area contributed by atoms with Crippen LogP contribution in [0.1, 0.15) is 72.1 Å². The molecule has 0 spiro atoms. The van der Waals surface area contributed by atoms with E-state index in [4.69, 9.17) is 0 Å². The second-order valence-electron chi connectivity index (χ2n) is 9.67. The zero-order valence-electron chi connectivity index (χ0n) is 17.0. The molecule has 0 aromatic rings. The second-order valence-corrected chi connectivity index (χ2v) is 9.67. The van der Waals surface area contributed by atoms with Crippen molar-refractivity contribution in [1.29, 1.82) is 0 Å². The molecule has 2 N–H and O–H groups in total. The summed E-state index contributed by atoms with van der Waals surface area (Å²) in [4.78, 5) is 0. The lowest BCUT2D eigenvalue weighted by molar-refractivity contribution is 0.00406. The fourth-order valence-electron chi connectivity index (χ4n) is 6.27. The summed E-state index contributed by atoms with van der Waals surface area (Å²) in [5.41, 5.74) is 2.70. The Morgan fingerprint density at radius 1 is 1.15 bits per heavy atom. The Morgan fingerprint density at radius 2 is 1.81 bits per heavy atom. The molecule has 4 heteroatoms. The van der Waals surface area contributed by atoms with Gasteiger partial charge in [0.15, 0.2) is 0 Å². The molecule has 3 aliphatic carbocycles. The molecule has 0 radical (unpaired) electrons. The Kier molecular flexibility index (Phi) is 6.47. The number of aliphatic hydroxyl groups is 2. The van der Waals surface area contributed by atoms with Crippen LogP contribution >= 0.6 is 0 Å². The Labute approximate surface area is 162 Å². The summed E-state index contributed by atoms with van der Waals surface area (Å²) in [5, 5.41) is 20.3. The van der Waals surface area contributed by atoms with Gasteiger partial charge in [0.2, 0.25) is 6.43 Å². The van der Waals surface area contributed by atoms with E-state index < -0.39 is 18.6 Å². The normalized spacial score (nSPS) is 42.4. The van der Waals surface area contributed by atoms with Gasteiger partial charge in [-0.25, -0.2) is 8.78 Å². The summed E-state index contributed by atoms with van der Waals surface area (Å²) >= 11 is 0. The maximum absolute atomic E-state index is 12.9. The van der Waals surface area contributed by atoms with Gasteiger partial charge in [-0.15, -0.1) is 0 Å². The van der Waals surface area contributed by atoms with Gasteiger partial charge in [0.1, 0.15) is 0 Å². The van der Waals surface area contributed by atoms with E-state index in [1.807, 2.05) is 13.8 Å². The molecule has 2 unspecified atom stereocenters. The third kappa shape index (κ3) is 4.32. The van der Waals surface area contributed by atoms with Crippen molar-refractivity contribution in [2.75, 3.05) is 0 Å². The number of halogens is 2. The highest BCUT2D eigenvalue weighted by atomic mass is 19.3. The van der Waals surface area contributed by atoms with E-state index >= 15 is 0 Å². The summed E-state index contributed by atoms with van der Waals surface area (Å²) in [6.07, 6.45) is 7.99. The van der Waals surface area contributed by atoms with E-state index in [-0.39, 0.29) is 23.7 Å². The minimum absolute atomic E-state index is 0.0179. The molecule has 3 aliphatic rings. The van der Waals surface area contributed by atoms with Crippen molar-refractivity contribution in [1.82, 2.24) is 0 Å². The first-order chi connectivity index (χ1) is 12.7. The van der Waals surface area contributed by atoms with Crippen LogP contribution in [0.15, 0.2) is 23.3 Å². The molecule has 0 heterocycles. The molecule has 27 heavy (non-hydrogen) atoms. The van der Waals surface area contributed by atoms with Crippen LogP contribution in [0.3, 0.4) is 0 Å². The lowest BCUT2D eigenvalue weighted by atomic mass is 9.61. The van der Waals surface area contributed by atoms with Crippen LogP contribution in [-0.2, 0) is 0 Å². The number of allylic oxidation sites excluding steroid dienone is 3. The van der Waals surface area contributed by atoms with Crippen LogP contribution in [-0.4, -0.2) is 28.8 Å². The standard InChI is InChI=1S/C23H36F2O2/c1-14(11-22(24)25)18-8-9-19-17(5-4-10-23(18,19)3)7-6-16-12-20(26)15(2)21(27)13-16/h6-7,14-15,18-22,26-27H,4-5,8-13H2,1-3H3/b16-6?,17-7+/t14-,15?,18?,19?,20+,21+,23+/m0/s1. The molecule has 3 rings (SSSR count). The van der Waals surface area contributed by atoms with Crippen LogP contribution < -0.4 is 0 Å². The summed E-state index contributed by atoms with van der Waals surface area (Å²) in [6.45, 7) is 6.24. The van der Waals surface area contributed by atoms with Crippen molar-refractivity contribution in [3.05, 3.63) is 23.3 Å². The molecule has 0 amide bonds. The average molecular weight is 383 g/mol. The molecule has 3 saturated carbocycles. The average Bonchev–Trinajstić information content (AvgIpc) is 2.94. The van der Waals surface area contributed by atoms with E-state index in [1.165, 1.54) is 5.57 Å². The SMILES string of the molecule is CC1[C@H](O)CC(=C/C=C2\CCC[C@@]3(C)C2CCC3[C@@H](C)CC(F)F)C[C@H]1O. The number of hydrogen-bond acceptors (Lipinski definition) is 2. The molecular formula is C23H36F2O2. The van der Waals surface area contributed by atoms with Crippen molar-refractivity contribution in [2.45, 2.75) is 90.8 Å². The van der Waals surface area contributed by atoms with Crippen molar-refractivity contribution in [3.63, 3.8) is 0 Å². The predicted molar refractivity (Wildman–Crippen MR) is 105 cm³/mol. The van der Waals surface area contributed by atoms with Crippen LogP contribution in [0.25, 0.3) is 0 Å². The van der Waals surface area contributed by atoms with Gasteiger partial charge < -0.3 is 10.2 Å². The highest BCUT2D eigenvalue weighted by Crippen LogP contribution is 2.59. The maximum Gasteiger partial charge on any atom is 0.238 e. The zero-order chi connectivity index (χ0) is 19.8. The van der Waals surface area contributed by atoms with E-state index in [0.717, 1.165) is 37.7 Å². The number of alkyl halides is 2. The first-order valence-corrected chi connectivity index (χ1v) is 10.7. The van der Waals surface area contributed by atoms with Crippen molar-refractivity contribution in [3.8, 4) is 0 Å². The van der Waals surface area contributed by atoms with Gasteiger partial charge in [0.05, 0.1) is 12.2 Å². The molecular weight excluding hydrogens is 346 g/mol. The van der Waals surface area contributed by atoms with Crippen LogP contribution in [0, 0.1) is 29.1 Å². The lowest BCUT2D eigenvalue weighted by Gasteiger charge is -2.44. The molecule has 154 valence electrons. The molecule has 3 fully saturated rings. The lowest BCUT2D eigenvalue weighted by Crippen LogP contribution is -2.36. The first-order valence-electron chi connectivity index (χ1n) is 10.7. The summed E-state index contributed by atoms with van der Waals surface area (Å²) in [6, 6.07) is 0. The van der Waals surface area contributed by atoms with Crippen LogP contribution in [0.5, 0.6) is 0 Å². The van der Waals surface area contributed by atoms with Gasteiger partial charge in [-0.05, 0) is 68.1 Å². The number of fused-ring (bicyclic) bond motifs is 1. The zero-order valence-corrected chi connectivity index (χ0v) is 17.0. The number of hydrogen-bond donors (Lipinski definition) is 2. The van der Waals surface area contributed by atoms with Gasteiger partial charge in [0, 0.05) is 12.3 Å². The quantitative estimate of drug-likeness (QED) is 0.674. The second kappa shape index (κ2) is 8.32. The first kappa shape index (κ1) is 21.0. The van der Waals surface area contributed by atoms with Gasteiger partial charge >= 0.3 is 0 Å². The van der Waals surface area contributed by atoms with Gasteiger partial charge in [-0.3, -0.25) is 0 Å². The van der Waals surface area contributed by atoms with Gasteiger partial charge in [-0.2, -0.15) is 0 Å². The van der Waals surface area contributed by atoms with Gasteiger partial charge in [0.25, 0.3) is 0 Å². The monoisotopic (exact) mass is 382 g/mol. The van der Waals surface area contributed by atoms with E-state index in [2.05, 4.69) is 19.1 Å². The Hall–Kier alpha value is -0.740. The maximum atomic E-state index is 12.9. The summed E-state index contributed by atoms with van der Waals surface area (Å²) in [7, 11) is 0. The predicted octanol–water partition coefficient (Wildman–Crippen LogP) is 5.50. The summed E-state index contributed by atoms with van der Waals surface area (Å²) < 4.78 is 25.8. The molecule has 0 aliphatic heterocycles. The number of rotatable bonds is 4. The molecule has 6 atom stereocenters. The Morgan fingerprint density at radius 3 is 2.44 bits per heavy atom. The van der Waals surface area contributed by atoms with Crippen molar-refractivity contribution < 1.29 is 19.0 Å². The van der Waals surface area contributed by atoms with Crippen LogP contribution in [0.4, 0.5) is 8.78 Å². The van der Waals surface area contributed by atoms with Crippen molar-refractivity contribution >= 4 is 0 Å². The van der Waals surface area contributed by atoms with Gasteiger partial charge in [-0.1, -0.05) is 44.1 Å². The Bertz CT molecular complexity index is 571. The summed E-state index contributed by atoms with van der Waals surface area (Å²) in [5.74, 6) is 0.875. The minimum Gasteiger partial charge on any atom is -0.392 e. The minimum atomic E-state index is -2.21. The molecule has 0 bridgehead atoms.